The summed E-state index contributed by atoms with van der Waals surface area (Å²) in [5.41, 5.74) is 0.983. The molecule has 1 aromatic carbocycles. The van der Waals surface area contributed by atoms with Gasteiger partial charge in [0.25, 0.3) is 12.6 Å². The van der Waals surface area contributed by atoms with E-state index in [0.717, 1.165) is 18.5 Å². The summed E-state index contributed by atoms with van der Waals surface area (Å²) < 4.78 is 18.4. The predicted molar refractivity (Wildman–Crippen MR) is 76.8 cm³/mol. The molecule has 1 atom stereocenters. The van der Waals surface area contributed by atoms with Crippen molar-refractivity contribution in [3.05, 3.63) is 40.5 Å². The third-order valence-electron chi connectivity index (χ3n) is 2.69. The minimum Gasteiger partial charge on any atom is -0.375 e. The van der Waals surface area contributed by atoms with Crippen LogP contribution in [0.2, 0.25) is 0 Å². The smallest absolute Gasteiger partial charge is 0.278 e. The van der Waals surface area contributed by atoms with Crippen molar-refractivity contribution in [3.63, 3.8) is 0 Å². The van der Waals surface area contributed by atoms with Gasteiger partial charge < -0.3 is 4.74 Å². The van der Waals surface area contributed by atoms with Gasteiger partial charge in [0.2, 0.25) is 0 Å². The van der Waals surface area contributed by atoms with Crippen molar-refractivity contribution in [2.45, 2.75) is 33.8 Å². The van der Waals surface area contributed by atoms with Gasteiger partial charge in [0.15, 0.2) is 0 Å². The van der Waals surface area contributed by atoms with Crippen molar-refractivity contribution in [1.29, 1.82) is 0 Å². The lowest BCUT2D eigenvalue weighted by Gasteiger charge is -2.10. The van der Waals surface area contributed by atoms with Crippen LogP contribution in [0.1, 0.15) is 32.8 Å². The molecule has 0 fully saturated rings. The maximum Gasteiger partial charge on any atom is 0.278 e. The summed E-state index contributed by atoms with van der Waals surface area (Å²) in [6.45, 7) is 8.23. The number of hydrogen-bond donors (Lipinski definition) is 0. The second kappa shape index (κ2) is 8.66. The normalized spacial score (nSPS) is 12.1. The first kappa shape index (κ1) is 15.7. The minimum atomic E-state index is -0.218. The molecular formula is C16H23FNO+. The summed E-state index contributed by atoms with van der Waals surface area (Å²) in [6.07, 6.45) is 1.02. The van der Waals surface area contributed by atoms with Crippen LogP contribution in [-0.4, -0.2) is 13.2 Å². The summed E-state index contributed by atoms with van der Waals surface area (Å²) in [4.78, 5) is 4.18. The number of benzene rings is 1. The van der Waals surface area contributed by atoms with Crippen LogP contribution in [0, 0.1) is 23.7 Å². The number of ether oxygens (including phenoxy) is 1. The average Bonchev–Trinajstić information content (AvgIpc) is 2.37. The molecule has 0 amide bonds. The monoisotopic (exact) mass is 264 g/mol. The summed E-state index contributed by atoms with van der Waals surface area (Å²) >= 11 is 0. The van der Waals surface area contributed by atoms with Crippen molar-refractivity contribution < 1.29 is 9.13 Å². The van der Waals surface area contributed by atoms with Gasteiger partial charge in [0, 0.05) is 6.92 Å². The highest BCUT2D eigenvalue weighted by molar-refractivity contribution is 5.14. The zero-order valence-corrected chi connectivity index (χ0v) is 12.0. The molecule has 0 heterocycles. The second-order valence-electron chi connectivity index (χ2n) is 5.07. The van der Waals surface area contributed by atoms with Crippen LogP contribution < -0.4 is 0 Å². The lowest BCUT2D eigenvalue weighted by atomic mass is 9.99. The fourth-order valence-electron chi connectivity index (χ4n) is 1.85. The molecule has 0 bridgehead atoms. The highest BCUT2D eigenvalue weighted by Crippen LogP contribution is 2.13. The van der Waals surface area contributed by atoms with Gasteiger partial charge in [-0.1, -0.05) is 30.8 Å². The Balaban J connectivity index is 2.40. The van der Waals surface area contributed by atoms with Crippen molar-refractivity contribution in [2.75, 3.05) is 13.2 Å². The Morgan fingerprint density at radius 1 is 1.26 bits per heavy atom. The molecule has 0 saturated carbocycles. The molecular weight excluding hydrogens is 241 g/mol. The maximum atomic E-state index is 12.8. The lowest BCUT2D eigenvalue weighted by molar-refractivity contribution is 0.0961. The van der Waals surface area contributed by atoms with E-state index >= 15 is 0 Å². The van der Waals surface area contributed by atoms with Crippen molar-refractivity contribution in [1.82, 2.24) is 0 Å². The third-order valence-corrected chi connectivity index (χ3v) is 2.69. The van der Waals surface area contributed by atoms with Gasteiger partial charge in [0.1, 0.15) is 11.7 Å². The molecule has 0 radical (unpaired) electrons. The van der Waals surface area contributed by atoms with E-state index in [1.165, 1.54) is 12.1 Å². The third kappa shape index (κ3) is 6.93. The summed E-state index contributed by atoms with van der Waals surface area (Å²) in [5.74, 6) is 0.615. The Kier molecular flexibility index (Phi) is 7.14. The van der Waals surface area contributed by atoms with E-state index in [0.29, 0.717) is 19.1 Å². The van der Waals surface area contributed by atoms with Crippen molar-refractivity contribution >= 4 is 0 Å². The van der Waals surface area contributed by atoms with Gasteiger partial charge in [0.05, 0.1) is 13.2 Å². The van der Waals surface area contributed by atoms with E-state index in [1.54, 1.807) is 12.1 Å². The van der Waals surface area contributed by atoms with Crippen molar-refractivity contribution in [2.24, 2.45) is 11.8 Å². The number of nitrogens with zero attached hydrogens (tertiary/aromatic N) is 1. The zero-order valence-electron chi connectivity index (χ0n) is 12.0. The molecule has 0 aliphatic carbocycles. The molecule has 1 rings (SSSR count). The topological polar surface area (TPSA) is 13.6 Å². The highest BCUT2D eigenvalue weighted by atomic mass is 19.1. The van der Waals surface area contributed by atoms with E-state index in [4.69, 9.17) is 4.74 Å². The first-order valence-electron chi connectivity index (χ1n) is 6.86. The van der Waals surface area contributed by atoms with Crippen LogP contribution in [0.25, 0.3) is 4.85 Å². The first-order valence-corrected chi connectivity index (χ1v) is 6.86. The second-order valence-corrected chi connectivity index (χ2v) is 5.07. The van der Waals surface area contributed by atoms with E-state index < -0.39 is 0 Å². The van der Waals surface area contributed by atoms with Gasteiger partial charge >= 0.3 is 0 Å². The number of hydrogen-bond acceptors (Lipinski definition) is 1. The van der Waals surface area contributed by atoms with E-state index in [-0.39, 0.29) is 11.7 Å². The van der Waals surface area contributed by atoms with Gasteiger partial charge in [-0.25, -0.2) is 4.39 Å². The molecule has 2 nitrogen and oxygen atoms in total. The molecule has 0 spiro atoms. The van der Waals surface area contributed by atoms with Crippen LogP contribution in [0.15, 0.2) is 24.3 Å². The molecule has 0 N–H and O–H groups in total. The number of rotatable bonds is 6. The van der Waals surface area contributed by atoms with Crippen molar-refractivity contribution in [3.8, 4) is 6.07 Å². The van der Waals surface area contributed by atoms with E-state index in [9.17, 15) is 4.39 Å². The van der Waals surface area contributed by atoms with Crippen LogP contribution in [0.5, 0.6) is 0 Å². The van der Waals surface area contributed by atoms with Crippen LogP contribution in [0.4, 0.5) is 4.39 Å². The molecule has 0 aromatic heterocycles. The van der Waals surface area contributed by atoms with Crippen LogP contribution >= 0.6 is 0 Å². The molecule has 0 saturated heterocycles. The maximum absolute atomic E-state index is 12.8. The Morgan fingerprint density at radius 2 is 1.95 bits per heavy atom. The largest absolute Gasteiger partial charge is 0.375 e. The summed E-state index contributed by atoms with van der Waals surface area (Å²) in [6, 6.07) is 9.54. The molecule has 3 heteroatoms. The van der Waals surface area contributed by atoms with Gasteiger partial charge in [-0.3, -0.25) is 0 Å². The quantitative estimate of drug-likeness (QED) is 0.744. The molecule has 104 valence electrons. The van der Waals surface area contributed by atoms with E-state index in [1.807, 2.05) is 6.92 Å². The Labute approximate surface area is 115 Å². The molecule has 1 unspecified atom stereocenters. The van der Waals surface area contributed by atoms with E-state index in [2.05, 4.69) is 24.8 Å². The van der Waals surface area contributed by atoms with Gasteiger partial charge in [-0.2, -0.15) is 0 Å². The lowest BCUT2D eigenvalue weighted by Crippen LogP contribution is -2.10. The summed E-state index contributed by atoms with van der Waals surface area (Å²) in [5, 5.41) is 0. The Morgan fingerprint density at radius 3 is 2.53 bits per heavy atom. The number of halogens is 1. The van der Waals surface area contributed by atoms with Crippen LogP contribution in [-0.2, 0) is 11.3 Å². The SMILES string of the molecule is CC[N+]#CC(COCc1ccc(F)cc1)CC(C)C. The predicted octanol–water partition coefficient (Wildman–Crippen LogP) is 4.36. The summed E-state index contributed by atoms with van der Waals surface area (Å²) in [7, 11) is 0. The fourth-order valence-corrected chi connectivity index (χ4v) is 1.85. The molecule has 0 aliphatic rings. The van der Waals surface area contributed by atoms with Gasteiger partial charge in [-0.05, 0) is 30.0 Å². The standard InChI is InChI=1S/C16H23FNO/c1-4-18-10-15(9-13(2)3)12-19-11-14-5-7-16(17)8-6-14/h5-8,13,15H,4,9,11-12H2,1-3H3/q+1. The molecule has 1 aromatic rings. The fraction of sp³-hybridized carbons (Fsp3) is 0.562. The Bertz CT molecular complexity index is 417. The zero-order chi connectivity index (χ0) is 14.1. The average molecular weight is 264 g/mol. The first-order chi connectivity index (χ1) is 9.11. The minimum absolute atomic E-state index is 0.218. The molecule has 0 aliphatic heterocycles. The van der Waals surface area contributed by atoms with Crippen LogP contribution in [0.3, 0.4) is 0 Å². The Hall–Kier alpha value is -1.40. The molecule has 19 heavy (non-hydrogen) atoms. The van der Waals surface area contributed by atoms with Gasteiger partial charge in [-0.15, -0.1) is 0 Å². The highest BCUT2D eigenvalue weighted by Gasteiger charge is 2.14.